The Morgan fingerprint density at radius 3 is 2.44 bits per heavy atom. The smallest absolute Gasteiger partial charge is 0.326 e. The van der Waals surface area contributed by atoms with Crippen LogP contribution in [0.5, 0.6) is 0 Å². The predicted molar refractivity (Wildman–Crippen MR) is 63.0 cm³/mol. The molecule has 0 aromatic heterocycles. The molecule has 0 unspecified atom stereocenters. The summed E-state index contributed by atoms with van der Waals surface area (Å²) in [5.41, 5.74) is 0.721. The number of hydrogen-bond acceptors (Lipinski definition) is 2. The van der Waals surface area contributed by atoms with Crippen LogP contribution in [0, 0.1) is 0 Å². The third kappa shape index (κ3) is 5.14. The third-order valence-corrected chi connectivity index (χ3v) is 1.99. The molecule has 1 atom stereocenters. The minimum atomic E-state index is -1.06. The van der Waals surface area contributed by atoms with Gasteiger partial charge in [0, 0.05) is 12.8 Å². The number of carboxylic acid groups (broad SMARTS) is 1. The molecule has 2 N–H and O–H groups in total. The van der Waals surface area contributed by atoms with E-state index in [0.29, 0.717) is 0 Å². The van der Waals surface area contributed by atoms with Gasteiger partial charge in [0.25, 0.3) is 0 Å². The first-order chi connectivity index (χ1) is 7.54. The van der Waals surface area contributed by atoms with Crippen LogP contribution >= 0.6 is 0 Å². The number of hydrogen-bond donors (Lipinski definition) is 2. The van der Waals surface area contributed by atoms with Crippen LogP contribution < -0.4 is 5.32 Å². The minimum Gasteiger partial charge on any atom is -0.480 e. The number of aliphatic carboxylic acids is 1. The van der Waals surface area contributed by atoms with Crippen molar-refractivity contribution in [2.75, 3.05) is 0 Å². The molecule has 0 rings (SSSR count). The Kier molecular flexibility index (Phi) is 6.59. The van der Waals surface area contributed by atoms with Gasteiger partial charge in [-0.05, 0) is 5.57 Å². The molecule has 0 saturated carbocycles. The van der Waals surface area contributed by atoms with Crippen molar-refractivity contribution in [3.8, 4) is 0 Å². The van der Waals surface area contributed by atoms with Gasteiger partial charge in [0.05, 0.1) is 0 Å². The van der Waals surface area contributed by atoms with Gasteiger partial charge in [-0.3, -0.25) is 4.79 Å². The van der Waals surface area contributed by atoms with Crippen molar-refractivity contribution in [1.29, 1.82) is 0 Å². The monoisotopic (exact) mass is 223 g/mol. The van der Waals surface area contributed by atoms with Crippen LogP contribution in [-0.4, -0.2) is 23.0 Å². The Morgan fingerprint density at radius 1 is 1.44 bits per heavy atom. The molecule has 0 aromatic carbocycles. The van der Waals surface area contributed by atoms with Crippen molar-refractivity contribution in [2.45, 2.75) is 25.8 Å². The van der Waals surface area contributed by atoms with E-state index in [2.05, 4.69) is 18.5 Å². The fraction of sp³-hybridized carbons (Fsp3) is 0.333. The maximum Gasteiger partial charge on any atom is 0.326 e. The summed E-state index contributed by atoms with van der Waals surface area (Å²) in [6.45, 7) is 8.76. The zero-order valence-electron chi connectivity index (χ0n) is 9.40. The van der Waals surface area contributed by atoms with Gasteiger partial charge in [-0.25, -0.2) is 4.79 Å². The van der Waals surface area contributed by atoms with E-state index in [1.807, 2.05) is 0 Å². The molecule has 1 amide bonds. The van der Waals surface area contributed by atoms with Crippen LogP contribution in [0.25, 0.3) is 0 Å². The molecule has 0 radical (unpaired) electrons. The maximum atomic E-state index is 11.1. The van der Waals surface area contributed by atoms with Crippen LogP contribution in [0.4, 0.5) is 0 Å². The van der Waals surface area contributed by atoms with Gasteiger partial charge in [-0.2, -0.15) is 0 Å². The molecule has 0 aliphatic heterocycles. The molecule has 0 heterocycles. The molecular weight excluding hydrogens is 206 g/mol. The van der Waals surface area contributed by atoms with Gasteiger partial charge < -0.3 is 10.4 Å². The summed E-state index contributed by atoms with van der Waals surface area (Å²) >= 11 is 0. The van der Waals surface area contributed by atoms with E-state index in [9.17, 15) is 9.59 Å². The summed E-state index contributed by atoms with van der Waals surface area (Å²) in [5.74, 6) is -1.34. The molecule has 4 heteroatoms. The van der Waals surface area contributed by atoms with Gasteiger partial charge in [0.2, 0.25) is 5.91 Å². The van der Waals surface area contributed by atoms with E-state index in [-0.39, 0.29) is 18.7 Å². The molecule has 4 nitrogen and oxygen atoms in total. The van der Waals surface area contributed by atoms with Crippen molar-refractivity contribution >= 4 is 11.9 Å². The average Bonchev–Trinajstić information content (AvgIpc) is 2.26. The first-order valence-corrected chi connectivity index (χ1v) is 5.01. The summed E-state index contributed by atoms with van der Waals surface area (Å²) in [6.07, 6.45) is 5.24. The molecule has 0 aliphatic rings. The molecule has 0 spiro atoms. The van der Waals surface area contributed by atoms with Gasteiger partial charge in [0.15, 0.2) is 0 Å². The quantitative estimate of drug-likeness (QED) is 0.645. The van der Waals surface area contributed by atoms with Crippen molar-refractivity contribution < 1.29 is 14.7 Å². The van der Waals surface area contributed by atoms with E-state index >= 15 is 0 Å². The predicted octanol–water partition coefficient (Wildman–Crippen LogP) is 1.65. The van der Waals surface area contributed by atoms with Crippen LogP contribution in [0.15, 0.2) is 37.0 Å². The number of rotatable bonds is 7. The SMILES string of the molecule is C=C/C=C(\C=C)C[C@H](NC(=O)CC)C(=O)O. The van der Waals surface area contributed by atoms with Crippen LogP contribution in [0.3, 0.4) is 0 Å². The summed E-state index contributed by atoms with van der Waals surface area (Å²) in [6, 6.07) is -0.920. The second kappa shape index (κ2) is 7.45. The van der Waals surface area contributed by atoms with E-state index in [1.54, 1.807) is 25.2 Å². The Bertz CT molecular complexity index is 318. The summed E-state index contributed by atoms with van der Waals surface area (Å²) in [4.78, 5) is 22.0. The average molecular weight is 223 g/mol. The fourth-order valence-electron chi connectivity index (χ4n) is 1.10. The van der Waals surface area contributed by atoms with Crippen LogP contribution in [0.1, 0.15) is 19.8 Å². The second-order valence-electron chi connectivity index (χ2n) is 3.20. The lowest BCUT2D eigenvalue weighted by molar-refractivity contribution is -0.141. The highest BCUT2D eigenvalue weighted by Gasteiger charge is 2.19. The fourth-order valence-corrected chi connectivity index (χ4v) is 1.10. The lowest BCUT2D eigenvalue weighted by Gasteiger charge is -2.14. The zero-order chi connectivity index (χ0) is 12.6. The third-order valence-electron chi connectivity index (χ3n) is 1.99. The van der Waals surface area contributed by atoms with Gasteiger partial charge >= 0.3 is 5.97 Å². The number of allylic oxidation sites excluding steroid dienone is 3. The Morgan fingerprint density at radius 2 is 2.06 bits per heavy atom. The van der Waals surface area contributed by atoms with E-state index in [4.69, 9.17) is 5.11 Å². The largest absolute Gasteiger partial charge is 0.480 e. The molecule has 88 valence electrons. The number of carbonyl (C=O) groups excluding carboxylic acids is 1. The Balaban J connectivity index is 4.61. The normalized spacial score (nSPS) is 12.7. The van der Waals surface area contributed by atoms with E-state index < -0.39 is 12.0 Å². The first-order valence-electron chi connectivity index (χ1n) is 5.01. The van der Waals surface area contributed by atoms with Crippen LogP contribution in [-0.2, 0) is 9.59 Å². The molecule has 0 saturated heterocycles. The standard InChI is InChI=1S/C12H17NO3/c1-4-7-9(5-2)8-10(12(15)16)13-11(14)6-3/h4-5,7,10H,1-2,6,8H2,3H3,(H,13,14)(H,15,16)/b9-7+/t10-/m0/s1. The summed E-state index contributed by atoms with van der Waals surface area (Å²) in [5, 5.41) is 11.4. The van der Waals surface area contributed by atoms with Crippen molar-refractivity contribution in [3.63, 3.8) is 0 Å². The van der Waals surface area contributed by atoms with Crippen molar-refractivity contribution in [3.05, 3.63) is 37.0 Å². The first kappa shape index (κ1) is 14.2. The Hall–Kier alpha value is -1.84. The minimum absolute atomic E-state index is 0.205. The highest BCUT2D eigenvalue weighted by molar-refractivity contribution is 5.83. The van der Waals surface area contributed by atoms with Crippen molar-refractivity contribution in [1.82, 2.24) is 5.32 Å². The topological polar surface area (TPSA) is 66.4 Å². The van der Waals surface area contributed by atoms with Gasteiger partial charge in [-0.15, -0.1) is 0 Å². The number of carbonyl (C=O) groups is 2. The molecular formula is C12H17NO3. The maximum absolute atomic E-state index is 11.1. The molecule has 0 bridgehead atoms. The van der Waals surface area contributed by atoms with Gasteiger partial charge in [-0.1, -0.05) is 38.3 Å². The second-order valence-corrected chi connectivity index (χ2v) is 3.20. The highest BCUT2D eigenvalue weighted by atomic mass is 16.4. The van der Waals surface area contributed by atoms with Crippen molar-refractivity contribution in [2.24, 2.45) is 0 Å². The number of amides is 1. The zero-order valence-corrected chi connectivity index (χ0v) is 9.40. The molecule has 16 heavy (non-hydrogen) atoms. The Labute approximate surface area is 95.4 Å². The molecule has 0 aromatic rings. The van der Waals surface area contributed by atoms with Gasteiger partial charge in [0.1, 0.15) is 6.04 Å². The summed E-state index contributed by atoms with van der Waals surface area (Å²) < 4.78 is 0. The number of carboxylic acids is 1. The lowest BCUT2D eigenvalue weighted by atomic mass is 10.1. The highest BCUT2D eigenvalue weighted by Crippen LogP contribution is 2.07. The molecule has 0 aliphatic carbocycles. The van der Waals surface area contributed by atoms with E-state index in [0.717, 1.165) is 5.57 Å². The molecule has 0 fully saturated rings. The summed E-state index contributed by atoms with van der Waals surface area (Å²) in [7, 11) is 0. The number of nitrogens with one attached hydrogen (secondary N) is 1. The lowest BCUT2D eigenvalue weighted by Crippen LogP contribution is -2.40. The van der Waals surface area contributed by atoms with Crippen LogP contribution in [0.2, 0.25) is 0 Å². The van der Waals surface area contributed by atoms with E-state index in [1.165, 1.54) is 0 Å².